The number of methoxy groups -OCH3 is 1. The fourth-order valence-corrected chi connectivity index (χ4v) is 3.38. The van der Waals surface area contributed by atoms with Crippen LogP contribution in [0, 0.1) is 0 Å². The van der Waals surface area contributed by atoms with Gasteiger partial charge in [-0.2, -0.15) is 0 Å². The molecular formula is C14H17BrClNO2. The molecule has 0 saturated heterocycles. The van der Waals surface area contributed by atoms with Gasteiger partial charge in [-0.1, -0.05) is 46.4 Å². The number of rotatable bonds is 4. The lowest BCUT2D eigenvalue weighted by molar-refractivity contribution is -0.143. The molecule has 1 atom stereocenters. The van der Waals surface area contributed by atoms with Crippen LogP contribution in [0.25, 0.3) is 0 Å². The first-order valence-electron chi connectivity index (χ1n) is 6.40. The van der Waals surface area contributed by atoms with Gasteiger partial charge in [-0.3, -0.25) is 5.32 Å². The Morgan fingerprint density at radius 1 is 1.47 bits per heavy atom. The molecule has 0 spiro atoms. The van der Waals surface area contributed by atoms with Crippen molar-refractivity contribution in [3.8, 4) is 0 Å². The second-order valence-corrected chi connectivity index (χ2v) is 6.06. The lowest BCUT2D eigenvalue weighted by Gasteiger charge is -2.22. The van der Waals surface area contributed by atoms with E-state index in [2.05, 4.69) is 21.2 Å². The zero-order chi connectivity index (χ0) is 13.8. The minimum Gasteiger partial charge on any atom is -0.468 e. The van der Waals surface area contributed by atoms with Crippen LogP contribution in [0.2, 0.25) is 5.02 Å². The smallest absolute Gasteiger partial charge is 0.327 e. The summed E-state index contributed by atoms with van der Waals surface area (Å²) in [6, 6.07) is 5.37. The highest BCUT2D eigenvalue weighted by Gasteiger charge is 2.27. The Labute approximate surface area is 126 Å². The van der Waals surface area contributed by atoms with Gasteiger partial charge in [0.2, 0.25) is 0 Å². The zero-order valence-corrected chi connectivity index (χ0v) is 13.1. The van der Waals surface area contributed by atoms with Crippen molar-refractivity contribution in [3.05, 3.63) is 33.3 Å². The van der Waals surface area contributed by atoms with E-state index in [0.717, 1.165) is 22.9 Å². The fraction of sp³-hybridized carbons (Fsp3) is 0.500. The molecule has 0 aliphatic heterocycles. The molecule has 5 heteroatoms. The van der Waals surface area contributed by atoms with Crippen LogP contribution in [-0.2, 0) is 9.53 Å². The van der Waals surface area contributed by atoms with Crippen LogP contribution < -0.4 is 5.32 Å². The summed E-state index contributed by atoms with van der Waals surface area (Å²) in [7, 11) is 1.41. The number of benzene rings is 1. The molecule has 0 amide bonds. The van der Waals surface area contributed by atoms with Gasteiger partial charge in [-0.15, -0.1) is 0 Å². The monoisotopic (exact) mass is 345 g/mol. The molecule has 1 aromatic rings. The molecule has 1 aliphatic carbocycles. The highest BCUT2D eigenvalue weighted by atomic mass is 79.9. The number of ether oxygens (including phenoxy) is 1. The molecule has 1 N–H and O–H groups in total. The van der Waals surface area contributed by atoms with Gasteiger partial charge in [0.1, 0.15) is 6.04 Å². The van der Waals surface area contributed by atoms with Crippen LogP contribution in [0.1, 0.15) is 37.3 Å². The van der Waals surface area contributed by atoms with Crippen LogP contribution in [0.15, 0.2) is 22.7 Å². The summed E-state index contributed by atoms with van der Waals surface area (Å²) < 4.78 is 5.73. The Morgan fingerprint density at radius 3 is 2.74 bits per heavy atom. The molecular weight excluding hydrogens is 330 g/mol. The van der Waals surface area contributed by atoms with Crippen molar-refractivity contribution >= 4 is 33.5 Å². The van der Waals surface area contributed by atoms with E-state index in [1.165, 1.54) is 20.0 Å². The molecule has 0 heterocycles. The van der Waals surface area contributed by atoms with Crippen molar-refractivity contribution < 1.29 is 9.53 Å². The number of nitrogens with one attached hydrogen (secondary N) is 1. The quantitative estimate of drug-likeness (QED) is 0.842. The Bertz CT molecular complexity index is 461. The molecule has 1 saturated carbocycles. The van der Waals surface area contributed by atoms with Gasteiger partial charge in [0.25, 0.3) is 0 Å². The summed E-state index contributed by atoms with van der Waals surface area (Å²) in [6.07, 6.45) is 4.65. The topological polar surface area (TPSA) is 38.3 Å². The SMILES string of the molecule is COC(=O)C(NC1CCCC1)c1ccc(Cl)cc1Br. The first-order chi connectivity index (χ1) is 9.11. The standard InChI is InChI=1S/C14H17BrClNO2/c1-19-14(18)13(17-10-4-2-3-5-10)11-7-6-9(16)8-12(11)15/h6-8,10,13,17H,2-5H2,1H3. The van der Waals surface area contributed by atoms with Crippen molar-refractivity contribution in [2.45, 2.75) is 37.8 Å². The van der Waals surface area contributed by atoms with Crippen LogP contribution in [0.5, 0.6) is 0 Å². The van der Waals surface area contributed by atoms with Crippen molar-refractivity contribution in [3.63, 3.8) is 0 Å². The van der Waals surface area contributed by atoms with Gasteiger partial charge in [0, 0.05) is 15.5 Å². The van der Waals surface area contributed by atoms with E-state index in [0.29, 0.717) is 11.1 Å². The second-order valence-electron chi connectivity index (χ2n) is 4.77. The number of hydrogen-bond acceptors (Lipinski definition) is 3. The summed E-state index contributed by atoms with van der Waals surface area (Å²) in [4.78, 5) is 12.0. The maximum absolute atomic E-state index is 12.0. The van der Waals surface area contributed by atoms with Crippen molar-refractivity contribution in [2.24, 2.45) is 0 Å². The van der Waals surface area contributed by atoms with E-state index in [4.69, 9.17) is 16.3 Å². The molecule has 1 aromatic carbocycles. The lowest BCUT2D eigenvalue weighted by atomic mass is 10.1. The summed E-state index contributed by atoms with van der Waals surface area (Å²) in [5.41, 5.74) is 0.864. The molecule has 1 fully saturated rings. The third-order valence-electron chi connectivity index (χ3n) is 3.47. The van der Waals surface area contributed by atoms with Crippen molar-refractivity contribution in [1.82, 2.24) is 5.32 Å². The normalized spacial score (nSPS) is 17.4. The summed E-state index contributed by atoms with van der Waals surface area (Å²) in [5, 5.41) is 4.03. The summed E-state index contributed by atoms with van der Waals surface area (Å²) in [6.45, 7) is 0. The minimum atomic E-state index is -0.445. The number of hydrogen-bond donors (Lipinski definition) is 1. The Morgan fingerprint density at radius 2 is 2.16 bits per heavy atom. The average molecular weight is 347 g/mol. The van der Waals surface area contributed by atoms with Crippen molar-refractivity contribution in [1.29, 1.82) is 0 Å². The molecule has 0 bridgehead atoms. The first-order valence-corrected chi connectivity index (χ1v) is 7.57. The Hall–Kier alpha value is -0.580. The highest BCUT2D eigenvalue weighted by molar-refractivity contribution is 9.10. The van der Waals surface area contributed by atoms with Crippen LogP contribution in [0.4, 0.5) is 0 Å². The number of carbonyl (C=O) groups excluding carboxylic acids is 1. The van der Waals surface area contributed by atoms with Crippen LogP contribution in [-0.4, -0.2) is 19.1 Å². The Kier molecular flexibility index (Phi) is 5.25. The van der Waals surface area contributed by atoms with Gasteiger partial charge >= 0.3 is 5.97 Å². The minimum absolute atomic E-state index is 0.269. The summed E-state index contributed by atoms with van der Waals surface area (Å²) in [5.74, 6) is -0.269. The predicted molar refractivity (Wildman–Crippen MR) is 79.3 cm³/mol. The molecule has 19 heavy (non-hydrogen) atoms. The maximum atomic E-state index is 12.0. The van der Waals surface area contributed by atoms with E-state index in [-0.39, 0.29) is 5.97 Å². The molecule has 1 aliphatic rings. The second kappa shape index (κ2) is 6.73. The summed E-state index contributed by atoms with van der Waals surface area (Å²) >= 11 is 9.40. The number of halogens is 2. The molecule has 1 unspecified atom stereocenters. The van der Waals surface area contributed by atoms with Gasteiger partial charge in [-0.25, -0.2) is 4.79 Å². The highest BCUT2D eigenvalue weighted by Crippen LogP contribution is 2.29. The van der Waals surface area contributed by atoms with Crippen LogP contribution in [0.3, 0.4) is 0 Å². The van der Waals surface area contributed by atoms with E-state index >= 15 is 0 Å². The van der Waals surface area contributed by atoms with Gasteiger partial charge < -0.3 is 4.74 Å². The van der Waals surface area contributed by atoms with Crippen LogP contribution >= 0.6 is 27.5 Å². The average Bonchev–Trinajstić information content (AvgIpc) is 2.89. The molecule has 3 nitrogen and oxygen atoms in total. The first kappa shape index (κ1) is 14.8. The van der Waals surface area contributed by atoms with E-state index in [9.17, 15) is 4.79 Å². The third-order valence-corrected chi connectivity index (χ3v) is 4.39. The van der Waals surface area contributed by atoms with Gasteiger partial charge in [-0.05, 0) is 30.5 Å². The van der Waals surface area contributed by atoms with E-state index < -0.39 is 6.04 Å². The number of esters is 1. The zero-order valence-electron chi connectivity index (χ0n) is 10.8. The fourth-order valence-electron chi connectivity index (χ4n) is 2.47. The lowest BCUT2D eigenvalue weighted by Crippen LogP contribution is -2.36. The predicted octanol–water partition coefficient (Wildman–Crippen LogP) is 3.85. The molecule has 0 radical (unpaired) electrons. The largest absolute Gasteiger partial charge is 0.468 e. The van der Waals surface area contributed by atoms with Gasteiger partial charge in [0.05, 0.1) is 7.11 Å². The number of carbonyl (C=O) groups is 1. The van der Waals surface area contributed by atoms with Gasteiger partial charge in [0.15, 0.2) is 0 Å². The third kappa shape index (κ3) is 3.71. The molecule has 0 aromatic heterocycles. The van der Waals surface area contributed by atoms with E-state index in [1.807, 2.05) is 6.07 Å². The molecule has 104 valence electrons. The van der Waals surface area contributed by atoms with E-state index in [1.54, 1.807) is 12.1 Å². The Balaban J connectivity index is 2.23. The van der Waals surface area contributed by atoms with Crippen molar-refractivity contribution in [2.75, 3.05) is 7.11 Å². The maximum Gasteiger partial charge on any atom is 0.327 e. The molecule has 2 rings (SSSR count).